The molecular weight excluding hydrogens is 234 g/mol. The third-order valence-corrected chi connectivity index (χ3v) is 4.10. The number of rotatable bonds is 3. The Bertz CT molecular complexity index is 496. The predicted octanol–water partition coefficient (Wildman–Crippen LogP) is 3.92. The highest BCUT2D eigenvalue weighted by Crippen LogP contribution is 2.26. The highest BCUT2D eigenvalue weighted by Gasteiger charge is 2.15. The number of pyridine rings is 1. The molecule has 0 spiro atoms. The summed E-state index contributed by atoms with van der Waals surface area (Å²) in [4.78, 5) is 4.08. The summed E-state index contributed by atoms with van der Waals surface area (Å²) in [6, 6.07) is 6.22. The Morgan fingerprint density at radius 2 is 1.68 bits per heavy atom. The molecule has 2 aromatic rings. The Morgan fingerprint density at radius 1 is 0.947 bits per heavy atom. The lowest BCUT2D eigenvalue weighted by atomic mass is 10.0. The van der Waals surface area contributed by atoms with Crippen LogP contribution in [-0.2, 0) is 6.54 Å². The molecule has 0 N–H and O–H groups in total. The number of aromatic nitrogens is 3. The summed E-state index contributed by atoms with van der Waals surface area (Å²) in [5.41, 5.74) is 2.42. The van der Waals surface area contributed by atoms with Crippen molar-refractivity contribution in [2.45, 2.75) is 45.1 Å². The fourth-order valence-corrected chi connectivity index (χ4v) is 3.04. The summed E-state index contributed by atoms with van der Waals surface area (Å²) in [6.45, 7) is 1.06. The van der Waals surface area contributed by atoms with E-state index in [1.165, 1.54) is 49.8 Å². The second-order valence-electron chi connectivity index (χ2n) is 5.49. The molecule has 0 unspecified atom stereocenters. The quantitative estimate of drug-likeness (QED) is 0.778. The van der Waals surface area contributed by atoms with Gasteiger partial charge in [-0.05, 0) is 37.0 Å². The average molecular weight is 255 g/mol. The van der Waals surface area contributed by atoms with Crippen LogP contribution in [0.15, 0.2) is 36.8 Å². The summed E-state index contributed by atoms with van der Waals surface area (Å²) in [7, 11) is 0. The van der Waals surface area contributed by atoms with Gasteiger partial charge in [-0.15, -0.1) is 0 Å². The normalized spacial score (nSPS) is 17.3. The molecule has 1 aliphatic carbocycles. The van der Waals surface area contributed by atoms with E-state index in [4.69, 9.17) is 0 Å². The molecule has 0 aromatic carbocycles. The van der Waals surface area contributed by atoms with Crippen LogP contribution in [0, 0.1) is 5.92 Å². The van der Waals surface area contributed by atoms with Gasteiger partial charge in [0, 0.05) is 30.7 Å². The van der Waals surface area contributed by atoms with E-state index in [0.717, 1.165) is 12.5 Å². The van der Waals surface area contributed by atoms with Crippen molar-refractivity contribution in [2.24, 2.45) is 5.92 Å². The number of hydrogen-bond donors (Lipinski definition) is 0. The molecule has 100 valence electrons. The maximum absolute atomic E-state index is 4.51. The van der Waals surface area contributed by atoms with Gasteiger partial charge >= 0.3 is 0 Å². The molecule has 0 radical (unpaired) electrons. The van der Waals surface area contributed by atoms with Crippen molar-refractivity contribution >= 4 is 0 Å². The van der Waals surface area contributed by atoms with E-state index in [1.54, 1.807) is 0 Å². The van der Waals surface area contributed by atoms with Gasteiger partial charge in [0.15, 0.2) is 0 Å². The molecule has 19 heavy (non-hydrogen) atoms. The van der Waals surface area contributed by atoms with Gasteiger partial charge in [-0.25, -0.2) is 0 Å². The number of nitrogens with zero attached hydrogens (tertiary/aromatic N) is 3. The fourth-order valence-electron chi connectivity index (χ4n) is 3.04. The lowest BCUT2D eigenvalue weighted by Gasteiger charge is -2.16. The van der Waals surface area contributed by atoms with Crippen LogP contribution in [0.3, 0.4) is 0 Å². The summed E-state index contributed by atoms with van der Waals surface area (Å²) < 4.78 is 2.17. The van der Waals surface area contributed by atoms with E-state index in [2.05, 4.69) is 33.0 Å². The Balaban J connectivity index is 1.76. The standard InChI is InChI=1S/C16H21N3/c1-2-4-6-14(5-3-1)13-19-16(9-12-18-19)15-7-10-17-11-8-15/h7-12,14H,1-6,13H2. The Morgan fingerprint density at radius 3 is 2.42 bits per heavy atom. The summed E-state index contributed by atoms with van der Waals surface area (Å²) in [5, 5.41) is 4.51. The fraction of sp³-hybridized carbons (Fsp3) is 0.500. The molecule has 0 bridgehead atoms. The first kappa shape index (κ1) is 12.4. The van der Waals surface area contributed by atoms with Crippen molar-refractivity contribution in [1.82, 2.24) is 14.8 Å². The van der Waals surface area contributed by atoms with Crippen molar-refractivity contribution in [3.8, 4) is 11.3 Å². The Labute approximate surface area is 114 Å². The molecule has 1 saturated carbocycles. The van der Waals surface area contributed by atoms with Crippen LogP contribution in [0.2, 0.25) is 0 Å². The molecule has 3 heteroatoms. The van der Waals surface area contributed by atoms with Crippen molar-refractivity contribution in [3.63, 3.8) is 0 Å². The van der Waals surface area contributed by atoms with Gasteiger partial charge in [0.05, 0.1) is 5.69 Å². The summed E-state index contributed by atoms with van der Waals surface area (Å²) in [6.07, 6.45) is 13.9. The highest BCUT2D eigenvalue weighted by molar-refractivity contribution is 5.58. The first-order valence-electron chi connectivity index (χ1n) is 7.36. The topological polar surface area (TPSA) is 30.7 Å². The third-order valence-electron chi connectivity index (χ3n) is 4.10. The highest BCUT2D eigenvalue weighted by atomic mass is 15.3. The van der Waals surface area contributed by atoms with Gasteiger partial charge in [0.2, 0.25) is 0 Å². The summed E-state index contributed by atoms with van der Waals surface area (Å²) >= 11 is 0. The number of hydrogen-bond acceptors (Lipinski definition) is 2. The summed E-state index contributed by atoms with van der Waals surface area (Å²) in [5.74, 6) is 0.794. The molecule has 1 aliphatic rings. The minimum Gasteiger partial charge on any atom is -0.265 e. The van der Waals surface area contributed by atoms with Crippen LogP contribution in [0.25, 0.3) is 11.3 Å². The zero-order valence-corrected chi connectivity index (χ0v) is 11.3. The maximum atomic E-state index is 4.51. The van der Waals surface area contributed by atoms with Crippen LogP contribution >= 0.6 is 0 Å². The van der Waals surface area contributed by atoms with Gasteiger partial charge < -0.3 is 0 Å². The van der Waals surface area contributed by atoms with Crippen LogP contribution in [0.4, 0.5) is 0 Å². The lowest BCUT2D eigenvalue weighted by Crippen LogP contribution is -2.12. The van der Waals surface area contributed by atoms with Gasteiger partial charge in [-0.2, -0.15) is 5.10 Å². The van der Waals surface area contributed by atoms with E-state index >= 15 is 0 Å². The molecule has 0 aliphatic heterocycles. The van der Waals surface area contributed by atoms with Gasteiger partial charge in [0.1, 0.15) is 0 Å². The molecule has 2 aromatic heterocycles. The monoisotopic (exact) mass is 255 g/mol. The lowest BCUT2D eigenvalue weighted by molar-refractivity contribution is 0.378. The second kappa shape index (κ2) is 6.00. The molecule has 3 rings (SSSR count). The van der Waals surface area contributed by atoms with E-state index < -0.39 is 0 Å². The Kier molecular flexibility index (Phi) is 3.92. The molecule has 0 amide bonds. The van der Waals surface area contributed by atoms with Crippen LogP contribution < -0.4 is 0 Å². The minimum absolute atomic E-state index is 0.794. The molecule has 1 fully saturated rings. The maximum Gasteiger partial charge on any atom is 0.0683 e. The molecular formula is C16H21N3. The van der Waals surface area contributed by atoms with Gasteiger partial charge in [-0.3, -0.25) is 9.67 Å². The molecule has 0 saturated heterocycles. The van der Waals surface area contributed by atoms with Crippen molar-refractivity contribution in [1.29, 1.82) is 0 Å². The van der Waals surface area contributed by atoms with E-state index in [9.17, 15) is 0 Å². The van der Waals surface area contributed by atoms with Crippen LogP contribution in [0.1, 0.15) is 38.5 Å². The van der Waals surface area contributed by atoms with Crippen LogP contribution in [0.5, 0.6) is 0 Å². The smallest absolute Gasteiger partial charge is 0.0683 e. The zero-order chi connectivity index (χ0) is 12.9. The Hall–Kier alpha value is -1.64. The average Bonchev–Trinajstić information content (AvgIpc) is 2.75. The van der Waals surface area contributed by atoms with Crippen LogP contribution in [-0.4, -0.2) is 14.8 Å². The van der Waals surface area contributed by atoms with Crippen molar-refractivity contribution in [2.75, 3.05) is 0 Å². The van der Waals surface area contributed by atoms with Gasteiger partial charge in [-0.1, -0.05) is 25.7 Å². The second-order valence-corrected chi connectivity index (χ2v) is 5.49. The van der Waals surface area contributed by atoms with E-state index in [1.807, 2.05) is 18.6 Å². The first-order valence-corrected chi connectivity index (χ1v) is 7.36. The SMILES string of the molecule is c1cc(-c2ccnn2CC2CCCCCC2)ccn1. The van der Waals surface area contributed by atoms with Gasteiger partial charge in [0.25, 0.3) is 0 Å². The van der Waals surface area contributed by atoms with E-state index in [0.29, 0.717) is 0 Å². The third kappa shape index (κ3) is 3.03. The minimum atomic E-state index is 0.794. The largest absolute Gasteiger partial charge is 0.265 e. The predicted molar refractivity (Wildman–Crippen MR) is 76.7 cm³/mol. The molecule has 0 atom stereocenters. The molecule has 3 nitrogen and oxygen atoms in total. The van der Waals surface area contributed by atoms with E-state index in [-0.39, 0.29) is 0 Å². The zero-order valence-electron chi connectivity index (χ0n) is 11.3. The van der Waals surface area contributed by atoms with Crippen molar-refractivity contribution in [3.05, 3.63) is 36.8 Å². The first-order chi connectivity index (χ1) is 9.43. The van der Waals surface area contributed by atoms with Crippen molar-refractivity contribution < 1.29 is 0 Å². The molecule has 2 heterocycles.